The number of hydrogen-bond acceptors (Lipinski definition) is 18. The van der Waals surface area contributed by atoms with Gasteiger partial charge in [-0.1, -0.05) is 70.1 Å². The summed E-state index contributed by atoms with van der Waals surface area (Å²) in [5, 5.41) is 63.7. The quantitative estimate of drug-likeness (QED) is 0.0257. The second-order valence-corrected chi connectivity index (χ2v) is 22.7. The van der Waals surface area contributed by atoms with Crippen LogP contribution in [0, 0.1) is 0 Å². The molecule has 0 bridgehead atoms. The Kier molecular flexibility index (Phi) is 25.4. The minimum absolute atomic E-state index is 0.0162. The molecule has 1 fully saturated rings. The number of hydrogen-bond donors (Lipinski definition) is 15. The van der Waals surface area contributed by atoms with Crippen LogP contribution in [0.15, 0.2) is 107 Å². The summed E-state index contributed by atoms with van der Waals surface area (Å²) in [5.74, 6) is -7.25. The van der Waals surface area contributed by atoms with Crippen molar-refractivity contribution in [1.82, 2.24) is 52.5 Å². The van der Waals surface area contributed by atoms with Crippen LogP contribution >= 0.6 is 21.6 Å². The molecule has 0 saturated carbocycles. The number of anilines is 1. The Labute approximate surface area is 496 Å². The molecule has 2 aromatic heterocycles. The number of phenols is 1. The zero-order valence-corrected chi connectivity index (χ0v) is 48.9. The molecule has 0 aliphatic carbocycles. The fraction of sp³-hybridized carbons (Fsp3) is 0.400. The van der Waals surface area contributed by atoms with Crippen molar-refractivity contribution < 1.29 is 77.5 Å². The maximum absolute atomic E-state index is 15.0. The first kappa shape index (κ1) is 64.9. The Balaban J connectivity index is 1.43. The summed E-state index contributed by atoms with van der Waals surface area (Å²) < 4.78 is 3.79. The molecule has 3 aromatic carbocycles. The minimum Gasteiger partial charge on any atom is -0.394 e. The molecule has 442 valence electrons. The zero-order valence-electron chi connectivity index (χ0n) is 45.4. The van der Waals surface area contributed by atoms with Gasteiger partial charge in [-0.15, -0.1) is 0 Å². The van der Waals surface area contributed by atoms with Crippen molar-refractivity contribution in [2.75, 3.05) is 30.1 Å². The molecule has 25 nitrogen and oxygen atoms in total. The number of fused-ring (bicyclic) bond motifs is 1. The van der Waals surface area contributed by atoms with Crippen molar-refractivity contribution in [1.29, 1.82) is 0 Å². The van der Waals surface area contributed by atoms with Crippen molar-refractivity contribution in [3.8, 4) is 5.75 Å². The summed E-state index contributed by atoms with van der Waals surface area (Å²) in [6.07, 6.45) is 0.411. The number of nitrogens with zero attached hydrogens (tertiary/aromatic N) is 2. The minimum atomic E-state index is -1.72. The van der Waals surface area contributed by atoms with E-state index in [2.05, 4.69) is 61.6 Å². The standard InChI is InChI=1S/C55H69N13O12S2.Tc/c1-30(70)43(27-69)64-54(79)45-29-82-81-28-44(65-51(76)40(22-32-10-4-3-5-11-32)61-48(73)34-17-20-46(68-57)59-25-34)53(78)62-41(23-33-15-18-36(72)19-16-33)50(75)63-42(24-35-26-58-38-13-7-6-12-37(35)38)52(77)60-39(14-8-9-21-56)49(74)67-47(31(2)71)55(80)66-45;/h3-7,10-13,15-20,25-26,30-31,39-45,47,58,69-72H,8-9,14,21-24,27-29,56H2,1-2H3,(H,59,68)(H,60,77)(H,61,73)(H,62,78)(H,63,75)(H,64,79)(H,65,76)(H,66,80)(H,67,74);/q;+3/t30-,31-,39+,40-,41+,42-,43-,44+,45+,47+;/m1./s1/i;1+1. The number of aromatic hydroxyl groups is 1. The Morgan fingerprint density at radius 1 is 0.759 bits per heavy atom. The van der Waals surface area contributed by atoms with Crippen molar-refractivity contribution >= 4 is 85.6 Å². The van der Waals surface area contributed by atoms with Gasteiger partial charge in [0.15, 0.2) is 0 Å². The van der Waals surface area contributed by atoms with E-state index in [1.807, 2.05) is 18.2 Å². The van der Waals surface area contributed by atoms with Crippen LogP contribution in [0.2, 0.25) is 0 Å². The van der Waals surface area contributed by atoms with E-state index in [-0.39, 0.29) is 55.0 Å². The number of aromatic nitrogens is 2. The van der Waals surface area contributed by atoms with E-state index in [0.29, 0.717) is 40.7 Å². The van der Waals surface area contributed by atoms with Crippen LogP contribution in [0.5, 0.6) is 5.75 Å². The van der Waals surface area contributed by atoms with Crippen molar-refractivity contribution in [3.05, 3.63) is 126 Å². The van der Waals surface area contributed by atoms with E-state index in [0.717, 1.165) is 27.1 Å². The van der Waals surface area contributed by atoms with Gasteiger partial charge in [-0.3, -0.25) is 28.8 Å². The number of amides is 8. The van der Waals surface area contributed by atoms with Gasteiger partial charge in [0.25, 0.3) is 0 Å². The number of aliphatic hydroxyl groups is 3. The monoisotopic (exact) mass is 1270 g/mol. The largest absolute Gasteiger partial charge is 0.394 e. The SMILES string of the molecule is C[C@@H](O)[C@@H]1NC(=O)[C@H](CCCCN)NC(=O)[C@@H](Cc2c[nH]c3ccccc23)NC(=O)[C@H](Cc2ccc(O)cc2)NC(=O)[C@@H](NC(=O)[C@@H](Cc2ccccc2)NC(=O)c2ccc(N[N]=[99Tc+3])nc2)CSSC[C@@H](C(=O)N[C@H](CO)[C@@H](C)O)NC1=O. The van der Waals surface area contributed by atoms with Crippen LogP contribution in [0.3, 0.4) is 0 Å². The van der Waals surface area contributed by atoms with E-state index >= 15 is 9.59 Å². The number of unbranched alkanes of at least 4 members (excludes halogenated alkanes) is 1. The van der Waals surface area contributed by atoms with Gasteiger partial charge in [-0.25, -0.2) is 0 Å². The smallest absolute Gasteiger partial charge is 0.245 e. The average Bonchev–Trinajstić information content (AvgIpc) is 4.12. The number of phenolic OH excluding ortho intramolecular Hbond substituents is 1. The molecule has 3 heterocycles. The molecule has 1 saturated heterocycles. The zero-order chi connectivity index (χ0) is 60.0. The number of para-hydroxylation sites is 1. The van der Waals surface area contributed by atoms with Gasteiger partial charge in [-0.2, -0.15) is 0 Å². The second-order valence-electron chi connectivity index (χ2n) is 19.7. The van der Waals surface area contributed by atoms with Gasteiger partial charge in [0.2, 0.25) is 35.4 Å². The Bertz CT molecular complexity index is 3020. The summed E-state index contributed by atoms with van der Waals surface area (Å²) in [7, 11) is 1.91. The van der Waals surface area contributed by atoms with Gasteiger partial charge in [0, 0.05) is 41.4 Å². The van der Waals surface area contributed by atoms with Gasteiger partial charge < -0.3 is 63.0 Å². The summed E-state index contributed by atoms with van der Waals surface area (Å²) in [6, 6.07) is 13.2. The first-order chi connectivity index (χ1) is 39.9. The molecule has 8 amide bonds. The molecular weight excluding hydrogens is 1200 g/mol. The molecule has 0 radical (unpaired) electrons. The van der Waals surface area contributed by atoms with Crippen LogP contribution in [0.4, 0.5) is 5.82 Å². The van der Waals surface area contributed by atoms with Gasteiger partial charge >= 0.3 is 131 Å². The van der Waals surface area contributed by atoms with Crippen LogP contribution in [0.25, 0.3) is 10.9 Å². The molecule has 16 N–H and O–H groups in total. The number of carbonyl (C=O) groups excluding carboxylic acids is 8. The Morgan fingerprint density at radius 2 is 1.42 bits per heavy atom. The molecular formula is C55H69N13O12S2Tc+3. The third-order valence-electron chi connectivity index (χ3n) is 13.4. The predicted molar refractivity (Wildman–Crippen MR) is 307 cm³/mol. The number of benzene rings is 3. The average molecular weight is 1270 g/mol. The topological polar surface area (TPSA) is 393 Å². The fourth-order valence-electron chi connectivity index (χ4n) is 8.72. The summed E-state index contributed by atoms with van der Waals surface area (Å²) in [5.41, 5.74) is 11.0. The number of nitrogens with one attached hydrogen (secondary N) is 10. The maximum atomic E-state index is 15.0. The predicted octanol–water partition coefficient (Wildman–Crippen LogP) is -0.176. The van der Waals surface area contributed by atoms with Crippen molar-refractivity contribution in [3.63, 3.8) is 0 Å². The number of aromatic amines is 1. The molecule has 1 aliphatic heterocycles. The Hall–Kier alpha value is -7.30. The Morgan fingerprint density at radius 3 is 2.08 bits per heavy atom. The number of rotatable bonds is 21. The third-order valence-corrected chi connectivity index (χ3v) is 16.0. The fourth-order valence-corrected chi connectivity index (χ4v) is 11.3. The molecule has 28 heteroatoms. The molecule has 1 aliphatic rings. The van der Waals surface area contributed by atoms with E-state index in [1.54, 1.807) is 61.3 Å². The van der Waals surface area contributed by atoms with Crippen LogP contribution in [-0.4, -0.2) is 163 Å². The summed E-state index contributed by atoms with van der Waals surface area (Å²) >= 11 is 1.73. The van der Waals surface area contributed by atoms with E-state index in [1.165, 1.54) is 56.4 Å². The normalized spacial score (nSPS) is 21.0. The van der Waals surface area contributed by atoms with Crippen LogP contribution in [0.1, 0.15) is 60.2 Å². The number of aliphatic hydroxyl groups excluding tert-OH is 3. The van der Waals surface area contributed by atoms with Crippen molar-refractivity contribution in [2.24, 2.45) is 9.45 Å². The third kappa shape index (κ3) is 19.7. The van der Waals surface area contributed by atoms with Crippen LogP contribution < -0.4 is 53.7 Å². The summed E-state index contributed by atoms with van der Waals surface area (Å²) in [6.45, 7) is 2.10. The number of nitrogens with two attached hydrogens (primary N) is 1. The number of pyridine rings is 1. The maximum Gasteiger partial charge on any atom is 0.245 e. The second kappa shape index (κ2) is 32.5. The van der Waals surface area contributed by atoms with Crippen molar-refractivity contribution in [2.45, 2.75) is 113 Å². The van der Waals surface area contributed by atoms with Gasteiger partial charge in [-0.05, 0) is 69.0 Å². The van der Waals surface area contributed by atoms with Crippen LogP contribution in [-0.2, 0) is 71.5 Å². The van der Waals surface area contributed by atoms with E-state index < -0.39 is 114 Å². The first-order valence-electron chi connectivity index (χ1n) is 26.6. The first-order valence-corrected chi connectivity index (χ1v) is 29.9. The molecule has 0 spiro atoms. The molecule has 6 rings (SSSR count). The summed E-state index contributed by atoms with van der Waals surface area (Å²) in [4.78, 5) is 123. The molecule has 5 aromatic rings. The molecule has 83 heavy (non-hydrogen) atoms. The number of H-pyrrole nitrogens is 1. The molecule has 10 atom stereocenters. The van der Waals surface area contributed by atoms with Gasteiger partial charge in [0.1, 0.15) is 36.0 Å². The van der Waals surface area contributed by atoms with E-state index in [4.69, 9.17) is 5.73 Å². The molecule has 0 unspecified atom stereocenters. The van der Waals surface area contributed by atoms with Gasteiger partial charge in [0.05, 0.1) is 24.9 Å². The number of carbonyl (C=O) groups is 8. The van der Waals surface area contributed by atoms with E-state index in [9.17, 15) is 49.2 Å².